The van der Waals surface area contributed by atoms with Gasteiger partial charge in [0, 0.05) is 44.4 Å². The van der Waals surface area contributed by atoms with E-state index in [1.165, 1.54) is 0 Å². The van der Waals surface area contributed by atoms with E-state index in [0.29, 0.717) is 5.84 Å². The molecule has 3 aromatic heterocycles. The number of fused-ring (bicyclic) bond motifs is 6. The van der Waals surface area contributed by atoms with Gasteiger partial charge in [0.05, 0.1) is 16.7 Å². The molecule has 4 heterocycles. The first-order valence-electron chi connectivity index (χ1n) is 20.9. The molecule has 0 saturated heterocycles. The molecule has 0 amide bonds. The normalized spacial score (nSPS) is 14.0. The molecule has 1 aliphatic heterocycles. The van der Waals surface area contributed by atoms with Crippen LogP contribution in [0, 0.1) is 0 Å². The Morgan fingerprint density at radius 3 is 1.98 bits per heavy atom. The van der Waals surface area contributed by atoms with Gasteiger partial charge in [-0.2, -0.15) is 0 Å². The number of aromatic nitrogens is 2. The lowest BCUT2D eigenvalue weighted by Gasteiger charge is -2.23. The third-order valence-corrected chi connectivity index (χ3v) is 11.9. The Bertz CT molecular complexity index is 3530. The van der Waals surface area contributed by atoms with E-state index in [4.69, 9.17) is 19.4 Å². The minimum atomic E-state index is -0.276. The van der Waals surface area contributed by atoms with E-state index in [-0.39, 0.29) is 6.17 Å². The van der Waals surface area contributed by atoms with E-state index >= 15 is 0 Å². The van der Waals surface area contributed by atoms with E-state index < -0.39 is 0 Å². The first kappa shape index (κ1) is 35.6. The lowest BCUT2D eigenvalue weighted by molar-refractivity contribution is 0.669. The number of rotatable bonds is 7. The Hall–Kier alpha value is -8.35. The predicted molar refractivity (Wildman–Crippen MR) is 254 cm³/mol. The Morgan fingerprint density at radius 2 is 1.16 bits per heavy atom. The molecule has 0 fully saturated rings. The van der Waals surface area contributed by atoms with Crippen LogP contribution in [0.5, 0.6) is 0 Å². The van der Waals surface area contributed by atoms with Crippen molar-refractivity contribution in [2.24, 2.45) is 9.98 Å². The molecule has 0 radical (unpaired) electrons. The second-order valence-electron chi connectivity index (χ2n) is 15.7. The Labute approximate surface area is 357 Å². The highest BCUT2D eigenvalue weighted by atomic mass is 16.3. The topological polar surface area (TPSA) is 78.6 Å². The highest BCUT2D eigenvalue weighted by molar-refractivity contribution is 6.14. The fraction of sp³-hybridized carbons (Fsp3) is 0.0179. The second kappa shape index (κ2) is 14.7. The number of aliphatic imine (C=N–C) groups is 2. The van der Waals surface area contributed by atoms with Crippen molar-refractivity contribution >= 4 is 55.4 Å². The van der Waals surface area contributed by atoms with Crippen molar-refractivity contribution in [3.8, 4) is 44.6 Å². The van der Waals surface area contributed by atoms with Gasteiger partial charge in [0.15, 0.2) is 5.84 Å². The number of aromatic amines is 1. The molecule has 292 valence electrons. The second-order valence-corrected chi connectivity index (χ2v) is 15.7. The molecule has 8 aromatic carbocycles. The number of nitrogens with zero attached hydrogens (tertiary/aromatic N) is 3. The molecule has 12 rings (SSSR count). The highest BCUT2D eigenvalue weighted by Crippen LogP contribution is 2.41. The highest BCUT2D eigenvalue weighted by Gasteiger charge is 2.22. The summed E-state index contributed by atoms with van der Waals surface area (Å²) in [6.07, 6.45) is 1.71. The van der Waals surface area contributed by atoms with Gasteiger partial charge in [0.2, 0.25) is 0 Å². The van der Waals surface area contributed by atoms with Crippen molar-refractivity contribution in [3.63, 3.8) is 0 Å². The molecule has 0 saturated carbocycles. The summed E-state index contributed by atoms with van der Waals surface area (Å²) in [5.74, 6) is 1.47. The fourth-order valence-corrected chi connectivity index (χ4v) is 8.87. The van der Waals surface area contributed by atoms with E-state index in [0.717, 1.165) is 111 Å². The van der Waals surface area contributed by atoms with Crippen LogP contribution in [0.3, 0.4) is 0 Å². The molecule has 11 aromatic rings. The van der Waals surface area contributed by atoms with E-state index in [9.17, 15) is 0 Å². The van der Waals surface area contributed by atoms with E-state index in [1.807, 2.05) is 54.7 Å². The summed E-state index contributed by atoms with van der Waals surface area (Å²) in [7, 11) is 0. The van der Waals surface area contributed by atoms with Gasteiger partial charge in [-0.05, 0) is 81.4 Å². The van der Waals surface area contributed by atoms with Gasteiger partial charge in [0.25, 0.3) is 0 Å². The third-order valence-electron chi connectivity index (χ3n) is 11.9. The number of para-hydroxylation sites is 1. The summed E-state index contributed by atoms with van der Waals surface area (Å²) < 4.78 is 6.39. The predicted octanol–water partition coefficient (Wildman–Crippen LogP) is 13.8. The zero-order valence-electron chi connectivity index (χ0n) is 33.5. The van der Waals surface area contributed by atoms with Gasteiger partial charge in [-0.25, -0.2) is 15.0 Å². The lowest BCUT2D eigenvalue weighted by Crippen LogP contribution is -2.33. The summed E-state index contributed by atoms with van der Waals surface area (Å²) in [5, 5.41) is 7.98. The average molecular weight is 796 g/mol. The zero-order valence-corrected chi connectivity index (χ0v) is 33.5. The van der Waals surface area contributed by atoms with Gasteiger partial charge in [-0.15, -0.1) is 0 Å². The third kappa shape index (κ3) is 6.25. The van der Waals surface area contributed by atoms with Crippen molar-refractivity contribution in [2.45, 2.75) is 6.17 Å². The molecule has 0 spiro atoms. The van der Waals surface area contributed by atoms with Gasteiger partial charge in [-0.1, -0.05) is 158 Å². The van der Waals surface area contributed by atoms with Crippen LogP contribution in [-0.4, -0.2) is 21.6 Å². The number of pyridine rings is 1. The van der Waals surface area contributed by atoms with Crippen LogP contribution < -0.4 is 5.32 Å². The molecule has 0 bridgehead atoms. The molecule has 1 aliphatic rings. The van der Waals surface area contributed by atoms with Crippen molar-refractivity contribution < 1.29 is 4.42 Å². The smallest absolute Gasteiger partial charge is 0.159 e. The van der Waals surface area contributed by atoms with Gasteiger partial charge < -0.3 is 14.7 Å². The van der Waals surface area contributed by atoms with Crippen LogP contribution in [0.1, 0.15) is 22.9 Å². The van der Waals surface area contributed by atoms with Gasteiger partial charge in [-0.3, -0.25) is 0 Å². The maximum atomic E-state index is 6.39. The lowest BCUT2D eigenvalue weighted by atomic mass is 9.91. The number of hydrogen-bond donors (Lipinski definition) is 2. The first-order chi connectivity index (χ1) is 30.7. The molecule has 0 aliphatic carbocycles. The van der Waals surface area contributed by atoms with Crippen molar-refractivity contribution in [2.75, 3.05) is 0 Å². The molecule has 6 nitrogen and oxygen atoms in total. The van der Waals surface area contributed by atoms with Gasteiger partial charge >= 0.3 is 0 Å². The number of amidine groups is 2. The van der Waals surface area contributed by atoms with E-state index in [2.05, 4.69) is 162 Å². The van der Waals surface area contributed by atoms with Crippen LogP contribution in [0.2, 0.25) is 0 Å². The summed E-state index contributed by atoms with van der Waals surface area (Å²) in [6.45, 7) is 0. The Balaban J connectivity index is 1.04. The SMILES string of the molecule is c1ccc(C2=NC(c3ccc(-c4cc(-c5cc(-c6ccccc6)c6ccc7cc[nH]c7c6n5)cc(-c5cccc6oc7ccccc7c56)c4)cc3)=NC(c3ccccc3)N2)cc1. The van der Waals surface area contributed by atoms with Crippen LogP contribution >= 0.6 is 0 Å². The minimum absolute atomic E-state index is 0.276. The standard InChI is InChI=1S/C56H37N5O/c1-4-13-36(14-5-1)47-34-48(58-53-45(47)28-27-37-29-30-57-52(37)53)43-32-41(31-42(33-43)44-20-12-22-50-51(44)46-19-10-11-21-49(46)62-50)35-23-25-40(26-24-35)56-60-54(38-15-6-2-7-16-38)59-55(61-56)39-17-8-3-9-18-39/h1-34,54,57H,(H,59,60,61). The Kier molecular flexibility index (Phi) is 8.45. The van der Waals surface area contributed by atoms with Crippen LogP contribution in [0.25, 0.3) is 88.4 Å². The number of nitrogens with one attached hydrogen (secondary N) is 2. The largest absolute Gasteiger partial charge is 0.456 e. The number of hydrogen-bond acceptors (Lipinski definition) is 5. The summed E-state index contributed by atoms with van der Waals surface area (Å²) in [6, 6.07) is 69.9. The maximum absolute atomic E-state index is 6.39. The summed E-state index contributed by atoms with van der Waals surface area (Å²) >= 11 is 0. The van der Waals surface area contributed by atoms with Crippen LogP contribution in [0.15, 0.2) is 221 Å². The summed E-state index contributed by atoms with van der Waals surface area (Å²) in [5.41, 5.74) is 15.2. The molecule has 1 atom stereocenters. The molecular weight excluding hydrogens is 759 g/mol. The number of H-pyrrole nitrogens is 1. The average Bonchev–Trinajstić information content (AvgIpc) is 4.00. The molecular formula is C56H37N5O. The van der Waals surface area contributed by atoms with E-state index in [1.54, 1.807) is 0 Å². The minimum Gasteiger partial charge on any atom is -0.456 e. The van der Waals surface area contributed by atoms with Crippen molar-refractivity contribution in [3.05, 3.63) is 223 Å². The fourth-order valence-electron chi connectivity index (χ4n) is 8.87. The van der Waals surface area contributed by atoms with Gasteiger partial charge in [0.1, 0.15) is 23.2 Å². The molecule has 1 unspecified atom stereocenters. The monoisotopic (exact) mass is 795 g/mol. The Morgan fingerprint density at radius 1 is 0.468 bits per heavy atom. The van der Waals surface area contributed by atoms with Crippen LogP contribution in [0.4, 0.5) is 0 Å². The molecule has 62 heavy (non-hydrogen) atoms. The molecule has 6 heteroatoms. The number of benzene rings is 8. The summed E-state index contributed by atoms with van der Waals surface area (Å²) in [4.78, 5) is 19.1. The quantitative estimate of drug-likeness (QED) is 0.169. The van der Waals surface area contributed by atoms with Crippen molar-refractivity contribution in [1.82, 2.24) is 15.3 Å². The van der Waals surface area contributed by atoms with Crippen LogP contribution in [-0.2, 0) is 0 Å². The number of furan rings is 1. The molecule has 2 N–H and O–H groups in total. The first-order valence-corrected chi connectivity index (χ1v) is 20.9. The van der Waals surface area contributed by atoms with Crippen molar-refractivity contribution in [1.29, 1.82) is 0 Å². The zero-order chi connectivity index (χ0) is 41.0. The maximum Gasteiger partial charge on any atom is 0.159 e.